The van der Waals surface area contributed by atoms with E-state index in [2.05, 4.69) is 11.4 Å². The number of Topliss-reactive ketones (excluding diaryl/α,β-unsaturated/α-hetero) is 1. The van der Waals surface area contributed by atoms with Crippen LogP contribution < -0.4 is 5.32 Å². The maximum Gasteiger partial charge on any atom is 0.228 e. The lowest BCUT2D eigenvalue weighted by molar-refractivity contribution is -0.123. The smallest absolute Gasteiger partial charge is 0.228 e. The van der Waals surface area contributed by atoms with Crippen molar-refractivity contribution in [3.05, 3.63) is 70.2 Å². The molecule has 2 unspecified atom stereocenters. The number of amides is 1. The van der Waals surface area contributed by atoms with Crippen LogP contribution in [0, 0.1) is 11.3 Å². The minimum Gasteiger partial charge on any atom is -0.336 e. The molecule has 0 saturated carbocycles. The van der Waals surface area contributed by atoms with Crippen LogP contribution >= 0.6 is 11.6 Å². The Hall–Kier alpha value is -2.64. The van der Waals surface area contributed by atoms with Gasteiger partial charge in [-0.2, -0.15) is 5.26 Å². The van der Waals surface area contributed by atoms with E-state index in [1.807, 2.05) is 6.07 Å². The largest absolute Gasteiger partial charge is 0.336 e. The molecule has 0 heterocycles. The molecule has 3 rings (SSSR count). The van der Waals surface area contributed by atoms with Crippen LogP contribution in [-0.2, 0) is 4.79 Å². The molecule has 0 fully saturated rings. The normalized spacial score (nSPS) is 17.5. The van der Waals surface area contributed by atoms with E-state index in [9.17, 15) is 14.9 Å². The Bertz CT molecular complexity index is 841. The maximum atomic E-state index is 12.7. The summed E-state index contributed by atoms with van der Waals surface area (Å²) in [5.74, 6) is -0.642. The van der Waals surface area contributed by atoms with Crippen LogP contribution in [0.25, 0.3) is 0 Å². The van der Waals surface area contributed by atoms with Gasteiger partial charge in [0, 0.05) is 22.6 Å². The van der Waals surface area contributed by atoms with Gasteiger partial charge in [-0.3, -0.25) is 9.59 Å². The van der Waals surface area contributed by atoms with Crippen LogP contribution in [0.1, 0.15) is 46.3 Å². The molecule has 0 saturated heterocycles. The van der Waals surface area contributed by atoms with Crippen molar-refractivity contribution in [3.8, 4) is 6.07 Å². The molecular formula is C19H15ClN2O2. The predicted octanol–water partition coefficient (Wildman–Crippen LogP) is 3.78. The number of rotatable bonds is 3. The molecule has 1 amide bonds. The molecule has 24 heavy (non-hydrogen) atoms. The molecule has 0 spiro atoms. The van der Waals surface area contributed by atoms with Crippen molar-refractivity contribution >= 4 is 23.3 Å². The van der Waals surface area contributed by atoms with Crippen molar-refractivity contribution < 1.29 is 9.59 Å². The van der Waals surface area contributed by atoms with Crippen LogP contribution in [0.4, 0.5) is 0 Å². The molecule has 2 atom stereocenters. The second-order valence-corrected chi connectivity index (χ2v) is 6.10. The van der Waals surface area contributed by atoms with Gasteiger partial charge >= 0.3 is 0 Å². The molecule has 0 aliphatic heterocycles. The van der Waals surface area contributed by atoms with Crippen LogP contribution in [0.5, 0.6) is 0 Å². The highest BCUT2D eigenvalue weighted by atomic mass is 35.5. The Morgan fingerprint density at radius 1 is 1.21 bits per heavy atom. The third-order valence-corrected chi connectivity index (χ3v) is 4.59. The summed E-state index contributed by atoms with van der Waals surface area (Å²) in [6.45, 7) is 0. The third kappa shape index (κ3) is 3.04. The van der Waals surface area contributed by atoms with Crippen LogP contribution in [0.3, 0.4) is 0 Å². The van der Waals surface area contributed by atoms with Gasteiger partial charge in [0.15, 0.2) is 5.78 Å². The second-order valence-electron chi connectivity index (χ2n) is 5.69. The number of fused-ring (bicyclic) bond motifs is 1. The second kappa shape index (κ2) is 6.86. The van der Waals surface area contributed by atoms with E-state index in [1.54, 1.807) is 42.5 Å². The summed E-state index contributed by atoms with van der Waals surface area (Å²) in [5, 5.41) is 12.6. The highest BCUT2D eigenvalue weighted by Crippen LogP contribution is 2.32. The minimum absolute atomic E-state index is 0.0533. The molecule has 5 heteroatoms. The SMILES string of the molecule is N#CC(NC(=O)C1CCC(=O)c2ccccc21)c1ccccc1Cl. The number of nitriles is 1. The van der Waals surface area contributed by atoms with Gasteiger partial charge < -0.3 is 5.32 Å². The molecule has 4 nitrogen and oxygen atoms in total. The van der Waals surface area contributed by atoms with Gasteiger partial charge in [-0.15, -0.1) is 0 Å². The van der Waals surface area contributed by atoms with Gasteiger partial charge in [-0.1, -0.05) is 54.1 Å². The molecule has 1 N–H and O–H groups in total. The van der Waals surface area contributed by atoms with E-state index >= 15 is 0 Å². The molecule has 120 valence electrons. The molecule has 1 aliphatic rings. The van der Waals surface area contributed by atoms with Crippen LogP contribution in [0.2, 0.25) is 5.02 Å². The summed E-state index contributed by atoms with van der Waals surface area (Å²) in [5.41, 5.74) is 1.88. The Balaban J connectivity index is 1.85. The number of hydrogen-bond acceptors (Lipinski definition) is 3. The lowest BCUT2D eigenvalue weighted by Crippen LogP contribution is -2.34. The Morgan fingerprint density at radius 2 is 1.92 bits per heavy atom. The van der Waals surface area contributed by atoms with Crippen molar-refractivity contribution in [2.45, 2.75) is 24.8 Å². The lowest BCUT2D eigenvalue weighted by atomic mass is 9.81. The first kappa shape index (κ1) is 16.2. The fourth-order valence-electron chi connectivity index (χ4n) is 3.02. The van der Waals surface area contributed by atoms with E-state index in [1.165, 1.54) is 0 Å². The molecular weight excluding hydrogens is 324 g/mol. The number of nitrogens with one attached hydrogen (secondary N) is 1. The maximum absolute atomic E-state index is 12.7. The summed E-state index contributed by atoms with van der Waals surface area (Å²) in [4.78, 5) is 24.7. The zero-order valence-electron chi connectivity index (χ0n) is 12.8. The lowest BCUT2D eigenvalue weighted by Gasteiger charge is -2.25. The Labute approximate surface area is 145 Å². The molecule has 2 aromatic carbocycles. The zero-order valence-corrected chi connectivity index (χ0v) is 13.6. The van der Waals surface area contributed by atoms with E-state index in [-0.39, 0.29) is 11.7 Å². The fourth-order valence-corrected chi connectivity index (χ4v) is 3.27. The highest BCUT2D eigenvalue weighted by molar-refractivity contribution is 6.31. The van der Waals surface area contributed by atoms with Crippen molar-refractivity contribution in [1.29, 1.82) is 5.26 Å². The number of ketones is 1. The quantitative estimate of drug-likeness (QED) is 0.925. The first-order chi connectivity index (χ1) is 11.6. The number of carbonyl (C=O) groups is 2. The highest BCUT2D eigenvalue weighted by Gasteiger charge is 2.31. The summed E-state index contributed by atoms with van der Waals surface area (Å²) >= 11 is 6.12. The molecule has 0 radical (unpaired) electrons. The summed E-state index contributed by atoms with van der Waals surface area (Å²) in [6.07, 6.45) is 0.779. The van der Waals surface area contributed by atoms with E-state index < -0.39 is 12.0 Å². The first-order valence-electron chi connectivity index (χ1n) is 7.68. The Kier molecular flexibility index (Phi) is 4.64. The number of carbonyl (C=O) groups excluding carboxylic acids is 2. The monoisotopic (exact) mass is 338 g/mol. The standard InChI is InChI=1S/C19H15ClN2O2/c20-16-8-4-3-7-15(16)17(11-21)22-19(24)14-9-10-18(23)13-6-2-1-5-12(13)14/h1-8,14,17H,9-10H2,(H,22,24). The van der Waals surface area contributed by atoms with Gasteiger partial charge in [-0.05, 0) is 18.1 Å². The zero-order chi connectivity index (χ0) is 17.1. The number of benzene rings is 2. The van der Waals surface area contributed by atoms with Crippen molar-refractivity contribution in [1.82, 2.24) is 5.32 Å². The van der Waals surface area contributed by atoms with Gasteiger partial charge in [0.1, 0.15) is 6.04 Å². The fraction of sp³-hybridized carbons (Fsp3) is 0.211. The first-order valence-corrected chi connectivity index (χ1v) is 8.06. The summed E-state index contributed by atoms with van der Waals surface area (Å²) in [6, 6.07) is 15.3. The number of hydrogen-bond donors (Lipinski definition) is 1. The van der Waals surface area contributed by atoms with E-state index in [0.717, 1.165) is 5.56 Å². The molecule has 0 aromatic heterocycles. The van der Waals surface area contributed by atoms with Gasteiger partial charge in [-0.25, -0.2) is 0 Å². The van der Waals surface area contributed by atoms with Crippen LogP contribution in [0.15, 0.2) is 48.5 Å². The summed E-state index contributed by atoms with van der Waals surface area (Å²) < 4.78 is 0. The molecule has 2 aromatic rings. The summed E-state index contributed by atoms with van der Waals surface area (Å²) in [7, 11) is 0. The minimum atomic E-state index is -0.823. The van der Waals surface area contributed by atoms with E-state index in [0.29, 0.717) is 29.0 Å². The third-order valence-electron chi connectivity index (χ3n) is 4.25. The van der Waals surface area contributed by atoms with Crippen LogP contribution in [-0.4, -0.2) is 11.7 Å². The van der Waals surface area contributed by atoms with Crippen molar-refractivity contribution in [2.75, 3.05) is 0 Å². The average molecular weight is 339 g/mol. The number of nitrogens with zero attached hydrogens (tertiary/aromatic N) is 1. The average Bonchev–Trinajstić information content (AvgIpc) is 2.61. The topological polar surface area (TPSA) is 70.0 Å². The van der Waals surface area contributed by atoms with Gasteiger partial charge in [0.25, 0.3) is 0 Å². The molecule has 1 aliphatic carbocycles. The van der Waals surface area contributed by atoms with Crippen molar-refractivity contribution in [3.63, 3.8) is 0 Å². The van der Waals surface area contributed by atoms with E-state index in [4.69, 9.17) is 11.6 Å². The van der Waals surface area contributed by atoms with Gasteiger partial charge in [0.05, 0.1) is 12.0 Å². The predicted molar refractivity (Wildman–Crippen MR) is 90.7 cm³/mol. The van der Waals surface area contributed by atoms with Crippen molar-refractivity contribution in [2.24, 2.45) is 0 Å². The molecule has 0 bridgehead atoms. The Morgan fingerprint density at radius 3 is 2.67 bits per heavy atom. The number of halogens is 1. The van der Waals surface area contributed by atoms with Gasteiger partial charge in [0.2, 0.25) is 5.91 Å².